The number of aromatic nitrogens is 1. The molecule has 3 nitrogen and oxygen atoms in total. The molecule has 0 amide bonds. The van der Waals surface area contributed by atoms with Crippen LogP contribution in [0.25, 0.3) is 0 Å². The maximum atomic E-state index is 5.99. The van der Waals surface area contributed by atoms with Gasteiger partial charge in [0.05, 0.1) is 0 Å². The summed E-state index contributed by atoms with van der Waals surface area (Å²) in [5.74, 6) is 1.06. The maximum absolute atomic E-state index is 5.99. The molecule has 0 spiro atoms. The Balaban J connectivity index is 1.40. The molecule has 2 heterocycles. The standard InChI is InChI=1S/C18H22N2O/c1-20(11-5-7-15-6-4-10-19-13-15)14-17-12-16-8-2-3-9-18(16)21-17/h2-4,6,8-10,13,17H,5,7,11-12,14H2,1H3/t17-/m1/s1. The summed E-state index contributed by atoms with van der Waals surface area (Å²) in [6.45, 7) is 2.08. The lowest BCUT2D eigenvalue weighted by molar-refractivity contribution is 0.168. The van der Waals surface area contributed by atoms with Crippen LogP contribution in [-0.2, 0) is 12.8 Å². The summed E-state index contributed by atoms with van der Waals surface area (Å²) in [5, 5.41) is 0. The Morgan fingerprint density at radius 2 is 2.14 bits per heavy atom. The van der Waals surface area contributed by atoms with Crippen molar-refractivity contribution < 1.29 is 4.74 Å². The van der Waals surface area contributed by atoms with Crippen LogP contribution < -0.4 is 4.74 Å². The van der Waals surface area contributed by atoms with Gasteiger partial charge in [0.15, 0.2) is 0 Å². The minimum absolute atomic E-state index is 0.297. The lowest BCUT2D eigenvalue weighted by Crippen LogP contribution is -2.32. The van der Waals surface area contributed by atoms with Gasteiger partial charge in [-0.05, 0) is 49.7 Å². The second-order valence-corrected chi connectivity index (χ2v) is 5.78. The number of pyridine rings is 1. The van der Waals surface area contributed by atoms with Gasteiger partial charge in [0.1, 0.15) is 11.9 Å². The largest absolute Gasteiger partial charge is 0.488 e. The summed E-state index contributed by atoms with van der Waals surface area (Å²) in [6, 6.07) is 12.5. The van der Waals surface area contributed by atoms with Crippen molar-refractivity contribution in [2.24, 2.45) is 0 Å². The SMILES string of the molecule is CN(CCCc1cccnc1)C[C@H]1Cc2ccccc2O1. The lowest BCUT2D eigenvalue weighted by atomic mass is 10.1. The summed E-state index contributed by atoms with van der Waals surface area (Å²) in [7, 11) is 2.18. The van der Waals surface area contributed by atoms with Crippen molar-refractivity contribution in [3.63, 3.8) is 0 Å². The summed E-state index contributed by atoms with van der Waals surface area (Å²) >= 11 is 0. The van der Waals surface area contributed by atoms with E-state index in [9.17, 15) is 0 Å². The minimum Gasteiger partial charge on any atom is -0.488 e. The normalized spacial score (nSPS) is 16.8. The van der Waals surface area contributed by atoms with E-state index >= 15 is 0 Å². The van der Waals surface area contributed by atoms with Crippen molar-refractivity contribution in [1.82, 2.24) is 9.88 Å². The minimum atomic E-state index is 0.297. The number of aryl methyl sites for hydroxylation is 1. The zero-order chi connectivity index (χ0) is 14.5. The van der Waals surface area contributed by atoms with Crippen LogP contribution in [0.5, 0.6) is 5.75 Å². The number of nitrogens with zero attached hydrogens (tertiary/aromatic N) is 2. The molecule has 0 N–H and O–H groups in total. The Morgan fingerprint density at radius 3 is 2.95 bits per heavy atom. The fourth-order valence-electron chi connectivity index (χ4n) is 2.89. The van der Waals surface area contributed by atoms with Crippen LogP contribution in [0.2, 0.25) is 0 Å². The topological polar surface area (TPSA) is 25.4 Å². The van der Waals surface area contributed by atoms with E-state index in [1.54, 1.807) is 0 Å². The molecule has 0 unspecified atom stereocenters. The van der Waals surface area contributed by atoms with Crippen LogP contribution in [0.4, 0.5) is 0 Å². The monoisotopic (exact) mass is 282 g/mol. The number of hydrogen-bond donors (Lipinski definition) is 0. The highest BCUT2D eigenvalue weighted by Gasteiger charge is 2.23. The van der Waals surface area contributed by atoms with Gasteiger partial charge >= 0.3 is 0 Å². The van der Waals surface area contributed by atoms with Gasteiger partial charge in [-0.25, -0.2) is 0 Å². The first-order valence-electron chi connectivity index (χ1n) is 7.63. The molecule has 1 aliphatic heterocycles. The highest BCUT2D eigenvalue weighted by atomic mass is 16.5. The van der Waals surface area contributed by atoms with Crippen LogP contribution in [-0.4, -0.2) is 36.1 Å². The highest BCUT2D eigenvalue weighted by molar-refractivity contribution is 5.37. The molecule has 21 heavy (non-hydrogen) atoms. The second kappa shape index (κ2) is 6.72. The zero-order valence-electron chi connectivity index (χ0n) is 12.5. The molecule has 3 heteroatoms. The first kappa shape index (κ1) is 14.1. The number of ether oxygens (including phenoxy) is 1. The van der Waals surface area contributed by atoms with Gasteiger partial charge in [-0.1, -0.05) is 24.3 Å². The third kappa shape index (κ3) is 3.82. The van der Waals surface area contributed by atoms with E-state index in [-0.39, 0.29) is 0 Å². The van der Waals surface area contributed by atoms with Crippen LogP contribution >= 0.6 is 0 Å². The van der Waals surface area contributed by atoms with Gasteiger partial charge in [0.25, 0.3) is 0 Å². The fourth-order valence-corrected chi connectivity index (χ4v) is 2.89. The molecule has 1 aromatic heterocycles. The van der Waals surface area contributed by atoms with E-state index in [4.69, 9.17) is 4.74 Å². The van der Waals surface area contributed by atoms with Crippen molar-refractivity contribution in [2.75, 3.05) is 20.1 Å². The summed E-state index contributed by atoms with van der Waals surface area (Å²) in [4.78, 5) is 6.52. The predicted molar refractivity (Wildman–Crippen MR) is 84.6 cm³/mol. The van der Waals surface area contributed by atoms with Crippen molar-refractivity contribution in [3.8, 4) is 5.75 Å². The average molecular weight is 282 g/mol. The summed E-state index contributed by atoms with van der Waals surface area (Å²) < 4.78 is 5.99. The molecule has 110 valence electrons. The molecule has 0 fully saturated rings. The Bertz CT molecular complexity index is 545. The third-order valence-electron chi connectivity index (χ3n) is 3.96. The molecule has 0 saturated carbocycles. The second-order valence-electron chi connectivity index (χ2n) is 5.78. The summed E-state index contributed by atoms with van der Waals surface area (Å²) in [5.41, 5.74) is 2.65. The van der Waals surface area contributed by atoms with Gasteiger partial charge in [-0.3, -0.25) is 4.98 Å². The van der Waals surface area contributed by atoms with E-state index in [1.807, 2.05) is 24.5 Å². The lowest BCUT2D eigenvalue weighted by Gasteiger charge is -2.20. The zero-order valence-corrected chi connectivity index (χ0v) is 12.5. The molecule has 2 aromatic rings. The Kier molecular flexibility index (Phi) is 4.51. The Morgan fingerprint density at radius 1 is 1.24 bits per heavy atom. The molecular formula is C18H22N2O. The number of benzene rings is 1. The van der Waals surface area contributed by atoms with Crippen LogP contribution in [0.1, 0.15) is 17.5 Å². The molecule has 3 rings (SSSR count). The van der Waals surface area contributed by atoms with E-state index < -0.39 is 0 Å². The van der Waals surface area contributed by atoms with Gasteiger partial charge in [0, 0.05) is 25.4 Å². The van der Waals surface area contributed by atoms with Crippen molar-refractivity contribution in [3.05, 3.63) is 59.9 Å². The smallest absolute Gasteiger partial charge is 0.123 e. The number of hydrogen-bond acceptors (Lipinski definition) is 3. The number of fused-ring (bicyclic) bond motifs is 1. The molecular weight excluding hydrogens is 260 g/mol. The molecule has 0 saturated heterocycles. The summed E-state index contributed by atoms with van der Waals surface area (Å²) in [6.07, 6.45) is 7.35. The Labute approximate surface area is 126 Å². The third-order valence-corrected chi connectivity index (χ3v) is 3.96. The number of rotatable bonds is 6. The quantitative estimate of drug-likeness (QED) is 0.814. The van der Waals surface area contributed by atoms with Gasteiger partial charge in [0.2, 0.25) is 0 Å². The van der Waals surface area contributed by atoms with Crippen molar-refractivity contribution in [1.29, 1.82) is 0 Å². The molecule has 0 bridgehead atoms. The van der Waals surface area contributed by atoms with E-state index in [0.29, 0.717) is 6.10 Å². The molecule has 0 aliphatic carbocycles. The average Bonchev–Trinajstić information content (AvgIpc) is 2.90. The van der Waals surface area contributed by atoms with Crippen LogP contribution in [0, 0.1) is 0 Å². The fraction of sp³-hybridized carbons (Fsp3) is 0.389. The van der Waals surface area contributed by atoms with E-state index in [1.165, 1.54) is 11.1 Å². The maximum Gasteiger partial charge on any atom is 0.123 e. The van der Waals surface area contributed by atoms with E-state index in [2.05, 4.69) is 41.2 Å². The molecule has 1 aromatic carbocycles. The van der Waals surface area contributed by atoms with Gasteiger partial charge in [-0.15, -0.1) is 0 Å². The first-order valence-corrected chi connectivity index (χ1v) is 7.63. The van der Waals surface area contributed by atoms with Crippen molar-refractivity contribution in [2.45, 2.75) is 25.4 Å². The number of para-hydroxylation sites is 1. The van der Waals surface area contributed by atoms with Crippen molar-refractivity contribution >= 4 is 0 Å². The van der Waals surface area contributed by atoms with E-state index in [0.717, 1.165) is 38.1 Å². The van der Waals surface area contributed by atoms with Crippen LogP contribution in [0.15, 0.2) is 48.8 Å². The van der Waals surface area contributed by atoms with Gasteiger partial charge in [-0.2, -0.15) is 0 Å². The molecule has 1 aliphatic rings. The van der Waals surface area contributed by atoms with Crippen LogP contribution in [0.3, 0.4) is 0 Å². The highest BCUT2D eigenvalue weighted by Crippen LogP contribution is 2.28. The predicted octanol–water partition coefficient (Wildman–Crippen LogP) is 2.95. The first-order chi connectivity index (χ1) is 10.3. The molecule has 0 radical (unpaired) electrons. The Hall–Kier alpha value is -1.87. The molecule has 1 atom stereocenters. The van der Waals surface area contributed by atoms with Gasteiger partial charge < -0.3 is 9.64 Å². The number of likely N-dealkylation sites (N-methyl/N-ethyl adjacent to an activating group) is 1.